The molecule has 3 heterocycles. The van der Waals surface area contributed by atoms with Crippen LogP contribution in [-0.2, 0) is 6.18 Å². The summed E-state index contributed by atoms with van der Waals surface area (Å²) in [6, 6.07) is 10.2. The van der Waals surface area contributed by atoms with Crippen molar-refractivity contribution in [3.8, 4) is 34.3 Å². The summed E-state index contributed by atoms with van der Waals surface area (Å²) in [6.07, 6.45) is -3.72. The lowest BCUT2D eigenvalue weighted by atomic mass is 10.1. The third kappa shape index (κ3) is 4.03. The van der Waals surface area contributed by atoms with Crippen molar-refractivity contribution in [3.63, 3.8) is 0 Å². The summed E-state index contributed by atoms with van der Waals surface area (Å²) >= 11 is 0. The number of ether oxygens (including phenoxy) is 4. The first-order valence-corrected chi connectivity index (χ1v) is 10.2. The van der Waals surface area contributed by atoms with E-state index in [1.807, 2.05) is 0 Å². The van der Waals surface area contributed by atoms with Crippen molar-refractivity contribution < 1.29 is 36.9 Å². The average molecular weight is 486 g/mol. The van der Waals surface area contributed by atoms with Crippen LogP contribution in [0.25, 0.3) is 16.9 Å². The molecule has 0 aliphatic carbocycles. The van der Waals surface area contributed by atoms with E-state index in [0.29, 0.717) is 38.8 Å². The van der Waals surface area contributed by atoms with E-state index in [9.17, 15) is 18.0 Å². The molecule has 0 spiro atoms. The molecule has 0 atom stereocenters. The van der Waals surface area contributed by atoms with Crippen molar-refractivity contribution in [2.75, 3.05) is 26.3 Å². The van der Waals surface area contributed by atoms with Gasteiger partial charge in [0.05, 0.1) is 26.1 Å². The topological polar surface area (TPSA) is 96.2 Å². The number of hydrogen-bond donors (Lipinski definition) is 1. The molecule has 1 aliphatic rings. The van der Waals surface area contributed by atoms with E-state index in [-0.39, 0.29) is 23.7 Å². The maximum Gasteiger partial charge on any atom is 0.433 e. The first-order valence-electron chi connectivity index (χ1n) is 10.2. The number of carbonyl (C=O) groups is 1. The van der Waals surface area contributed by atoms with Crippen LogP contribution in [-0.4, -0.2) is 41.5 Å². The number of rotatable bonds is 5. The molecule has 1 amide bonds. The number of anilines is 1. The van der Waals surface area contributed by atoms with Crippen LogP contribution in [0.1, 0.15) is 16.1 Å². The first kappa shape index (κ1) is 22.3. The average Bonchev–Trinajstić information content (AvgIpc) is 3.48. The molecule has 0 fully saturated rings. The number of benzene rings is 2. The maximum atomic E-state index is 13.9. The highest BCUT2D eigenvalue weighted by molar-refractivity contribution is 6.08. The molecular formula is C23H17F3N4O5. The number of carbonyl (C=O) groups excluding carboxylic acids is 1. The summed E-state index contributed by atoms with van der Waals surface area (Å²) in [5, 5.41) is 6.42. The standard InChI is InChI=1S/C23H17F3N4O5/c1-32-16-5-3-12(7-18(16)33-2)15-9-20(23(24,25)26)30-21(29-15)14(10-27-30)22(31)28-13-4-6-17-19(8-13)35-11-34-17/h3-10H,11H2,1-2H3,(H,28,31). The Bertz CT molecular complexity index is 1450. The zero-order valence-corrected chi connectivity index (χ0v) is 18.3. The third-order valence-electron chi connectivity index (χ3n) is 5.32. The molecule has 0 saturated heterocycles. The van der Waals surface area contributed by atoms with Crippen LogP contribution in [0.2, 0.25) is 0 Å². The van der Waals surface area contributed by atoms with Crippen LogP contribution in [0, 0.1) is 0 Å². The van der Waals surface area contributed by atoms with Gasteiger partial charge in [-0.3, -0.25) is 4.79 Å². The predicted octanol–water partition coefficient (Wildman–Crippen LogP) is 4.41. The van der Waals surface area contributed by atoms with E-state index < -0.39 is 17.8 Å². The lowest BCUT2D eigenvalue weighted by molar-refractivity contribution is -0.142. The van der Waals surface area contributed by atoms with Crippen molar-refractivity contribution in [2.24, 2.45) is 0 Å². The highest BCUT2D eigenvalue weighted by Gasteiger charge is 2.36. The summed E-state index contributed by atoms with van der Waals surface area (Å²) in [5.41, 5.74) is -0.819. The Morgan fingerprint density at radius 3 is 2.54 bits per heavy atom. The van der Waals surface area contributed by atoms with E-state index >= 15 is 0 Å². The van der Waals surface area contributed by atoms with Crippen molar-refractivity contribution >= 4 is 17.2 Å². The van der Waals surface area contributed by atoms with E-state index in [1.165, 1.54) is 20.3 Å². The van der Waals surface area contributed by atoms with Crippen LogP contribution in [0.3, 0.4) is 0 Å². The van der Waals surface area contributed by atoms with E-state index in [0.717, 1.165) is 12.3 Å². The number of nitrogens with zero attached hydrogens (tertiary/aromatic N) is 3. The number of halogens is 3. The minimum Gasteiger partial charge on any atom is -0.493 e. The van der Waals surface area contributed by atoms with Crippen LogP contribution in [0.4, 0.5) is 18.9 Å². The lowest BCUT2D eigenvalue weighted by Gasteiger charge is -2.13. The minimum atomic E-state index is -4.76. The largest absolute Gasteiger partial charge is 0.493 e. The van der Waals surface area contributed by atoms with Gasteiger partial charge in [0.25, 0.3) is 5.91 Å². The fraction of sp³-hybridized carbons (Fsp3) is 0.174. The van der Waals surface area contributed by atoms with Crippen LogP contribution in [0.5, 0.6) is 23.0 Å². The van der Waals surface area contributed by atoms with Crippen LogP contribution < -0.4 is 24.3 Å². The molecule has 35 heavy (non-hydrogen) atoms. The smallest absolute Gasteiger partial charge is 0.433 e. The molecule has 2 aromatic carbocycles. The molecular weight excluding hydrogens is 469 g/mol. The highest BCUT2D eigenvalue weighted by Crippen LogP contribution is 2.37. The van der Waals surface area contributed by atoms with Gasteiger partial charge in [-0.2, -0.15) is 18.3 Å². The van der Waals surface area contributed by atoms with Gasteiger partial charge < -0.3 is 24.3 Å². The van der Waals surface area contributed by atoms with Crippen molar-refractivity contribution in [1.82, 2.24) is 14.6 Å². The minimum absolute atomic E-state index is 0.0246. The Morgan fingerprint density at radius 1 is 1.03 bits per heavy atom. The lowest BCUT2D eigenvalue weighted by Crippen LogP contribution is -2.15. The van der Waals surface area contributed by atoms with Gasteiger partial charge in [0, 0.05) is 17.3 Å². The molecule has 12 heteroatoms. The van der Waals surface area contributed by atoms with Crippen molar-refractivity contribution in [1.29, 1.82) is 0 Å². The number of amides is 1. The normalized spacial score (nSPS) is 12.6. The van der Waals surface area contributed by atoms with Gasteiger partial charge in [-0.05, 0) is 36.4 Å². The van der Waals surface area contributed by atoms with E-state index in [2.05, 4.69) is 15.4 Å². The van der Waals surface area contributed by atoms with Crippen LogP contribution >= 0.6 is 0 Å². The second-order valence-electron chi connectivity index (χ2n) is 7.41. The van der Waals surface area contributed by atoms with Gasteiger partial charge in [0.1, 0.15) is 5.56 Å². The summed E-state index contributed by atoms with van der Waals surface area (Å²) in [5.74, 6) is 0.992. The molecule has 9 nitrogen and oxygen atoms in total. The number of fused-ring (bicyclic) bond motifs is 2. The summed E-state index contributed by atoms with van der Waals surface area (Å²) in [6.45, 7) is 0.0594. The Morgan fingerprint density at radius 2 is 1.80 bits per heavy atom. The molecule has 0 unspecified atom stereocenters. The first-order chi connectivity index (χ1) is 16.8. The fourth-order valence-corrected chi connectivity index (χ4v) is 3.64. The molecule has 1 N–H and O–H groups in total. The molecule has 5 rings (SSSR count). The molecule has 1 aliphatic heterocycles. The van der Waals surface area contributed by atoms with Gasteiger partial charge in [-0.25, -0.2) is 9.50 Å². The zero-order chi connectivity index (χ0) is 24.7. The maximum absolute atomic E-state index is 13.9. The molecule has 0 radical (unpaired) electrons. The summed E-state index contributed by atoms with van der Waals surface area (Å²) < 4.78 is 63.3. The van der Waals surface area contributed by atoms with E-state index in [4.69, 9.17) is 18.9 Å². The molecule has 0 bridgehead atoms. The fourth-order valence-electron chi connectivity index (χ4n) is 3.64. The van der Waals surface area contributed by atoms with Gasteiger partial charge in [0.2, 0.25) is 6.79 Å². The van der Waals surface area contributed by atoms with Gasteiger partial charge in [-0.1, -0.05) is 0 Å². The van der Waals surface area contributed by atoms with Gasteiger partial charge >= 0.3 is 6.18 Å². The number of methoxy groups -OCH3 is 2. The highest BCUT2D eigenvalue weighted by atomic mass is 19.4. The Labute approximate surface area is 196 Å². The van der Waals surface area contributed by atoms with Crippen molar-refractivity contribution in [3.05, 3.63) is 59.9 Å². The monoisotopic (exact) mass is 486 g/mol. The third-order valence-corrected chi connectivity index (χ3v) is 5.32. The van der Waals surface area contributed by atoms with Crippen LogP contribution in [0.15, 0.2) is 48.7 Å². The molecule has 2 aromatic heterocycles. The van der Waals surface area contributed by atoms with Gasteiger partial charge in [-0.15, -0.1) is 0 Å². The quantitative estimate of drug-likeness (QED) is 0.446. The molecule has 4 aromatic rings. The second kappa shape index (κ2) is 8.38. The Kier molecular flexibility index (Phi) is 5.35. The SMILES string of the molecule is COc1ccc(-c2cc(C(F)(F)F)n3ncc(C(=O)Nc4ccc5c(c4)OCO5)c3n2)cc1OC. The number of alkyl halides is 3. The molecule has 180 valence electrons. The Balaban J connectivity index is 1.59. The summed E-state index contributed by atoms with van der Waals surface area (Å²) in [7, 11) is 2.86. The zero-order valence-electron chi connectivity index (χ0n) is 18.3. The predicted molar refractivity (Wildman–Crippen MR) is 117 cm³/mol. The number of aromatic nitrogens is 3. The van der Waals surface area contributed by atoms with Crippen molar-refractivity contribution in [2.45, 2.75) is 6.18 Å². The van der Waals surface area contributed by atoms with E-state index in [1.54, 1.807) is 30.3 Å². The molecule has 0 saturated carbocycles. The summed E-state index contributed by atoms with van der Waals surface area (Å²) in [4.78, 5) is 17.3. The number of hydrogen-bond acceptors (Lipinski definition) is 7. The second-order valence-corrected chi connectivity index (χ2v) is 7.41. The Hall–Kier alpha value is -4.48. The van der Waals surface area contributed by atoms with Gasteiger partial charge in [0.15, 0.2) is 34.3 Å². The number of nitrogens with one attached hydrogen (secondary N) is 1.